The molecule has 3 aromatic rings. The molecule has 1 atom stereocenters. The van der Waals surface area contributed by atoms with Crippen molar-refractivity contribution in [3.05, 3.63) is 52.8 Å². The quantitative estimate of drug-likeness (QED) is 0.645. The Morgan fingerprint density at radius 1 is 1.28 bits per heavy atom. The van der Waals surface area contributed by atoms with Crippen LogP contribution in [0.4, 0.5) is 4.39 Å². The van der Waals surface area contributed by atoms with E-state index < -0.39 is 23.7 Å². The van der Waals surface area contributed by atoms with Crippen molar-refractivity contribution in [2.75, 3.05) is 0 Å². The zero-order valence-corrected chi connectivity index (χ0v) is 14.5. The SMILES string of the molecule is CC(C(=O)NNC(=O)c1ccccc1F)n1nc(Br)c2cncnc21. The van der Waals surface area contributed by atoms with E-state index in [0.717, 1.165) is 6.07 Å². The summed E-state index contributed by atoms with van der Waals surface area (Å²) in [6.07, 6.45) is 2.91. The predicted octanol–water partition coefficient (Wildman–Crippen LogP) is 1.75. The number of amides is 2. The molecule has 1 aromatic carbocycles. The predicted molar refractivity (Wildman–Crippen MR) is 89.7 cm³/mol. The van der Waals surface area contributed by atoms with Crippen LogP contribution in [0.2, 0.25) is 0 Å². The van der Waals surface area contributed by atoms with Gasteiger partial charge in [0.15, 0.2) is 5.65 Å². The number of carbonyl (C=O) groups is 2. The van der Waals surface area contributed by atoms with E-state index in [4.69, 9.17) is 0 Å². The number of hydrogen-bond donors (Lipinski definition) is 2. The third-order valence-corrected chi connectivity index (χ3v) is 4.08. The lowest BCUT2D eigenvalue weighted by atomic mass is 10.2. The van der Waals surface area contributed by atoms with Gasteiger partial charge in [-0.25, -0.2) is 19.0 Å². The van der Waals surface area contributed by atoms with Crippen molar-refractivity contribution in [1.29, 1.82) is 0 Å². The van der Waals surface area contributed by atoms with E-state index in [1.54, 1.807) is 13.1 Å². The first kappa shape index (κ1) is 17.0. The van der Waals surface area contributed by atoms with E-state index >= 15 is 0 Å². The van der Waals surface area contributed by atoms with Crippen LogP contribution < -0.4 is 10.9 Å². The van der Waals surface area contributed by atoms with Crippen molar-refractivity contribution in [3.63, 3.8) is 0 Å². The Balaban J connectivity index is 1.73. The van der Waals surface area contributed by atoms with Gasteiger partial charge in [-0.05, 0) is 35.0 Å². The maximum absolute atomic E-state index is 13.6. The summed E-state index contributed by atoms with van der Waals surface area (Å²) < 4.78 is 15.5. The van der Waals surface area contributed by atoms with Gasteiger partial charge in [-0.3, -0.25) is 20.4 Å². The van der Waals surface area contributed by atoms with Gasteiger partial charge in [0, 0.05) is 6.20 Å². The number of fused-ring (bicyclic) bond motifs is 1. The van der Waals surface area contributed by atoms with Crippen molar-refractivity contribution < 1.29 is 14.0 Å². The molecule has 3 rings (SSSR count). The molecular formula is C15H12BrFN6O2. The minimum atomic E-state index is -0.773. The molecule has 0 aliphatic rings. The molecule has 2 amide bonds. The Labute approximate surface area is 149 Å². The highest BCUT2D eigenvalue weighted by Crippen LogP contribution is 2.23. The van der Waals surface area contributed by atoms with E-state index in [2.05, 4.69) is 41.8 Å². The fourth-order valence-electron chi connectivity index (χ4n) is 2.16. The molecule has 1 unspecified atom stereocenters. The van der Waals surface area contributed by atoms with E-state index in [0.29, 0.717) is 15.6 Å². The van der Waals surface area contributed by atoms with Gasteiger partial charge in [0.1, 0.15) is 22.8 Å². The number of halogens is 2. The van der Waals surface area contributed by atoms with Gasteiger partial charge in [-0.2, -0.15) is 5.10 Å². The highest BCUT2D eigenvalue weighted by molar-refractivity contribution is 9.10. The lowest BCUT2D eigenvalue weighted by molar-refractivity contribution is -0.124. The maximum Gasteiger partial charge on any atom is 0.272 e. The largest absolute Gasteiger partial charge is 0.272 e. The average Bonchev–Trinajstić information content (AvgIpc) is 2.96. The Morgan fingerprint density at radius 2 is 2.04 bits per heavy atom. The number of carbonyl (C=O) groups excluding carboxylic acids is 2. The van der Waals surface area contributed by atoms with Crippen molar-refractivity contribution >= 4 is 38.8 Å². The summed E-state index contributed by atoms with van der Waals surface area (Å²) in [5, 5.41) is 4.86. The smallest absolute Gasteiger partial charge is 0.271 e. The molecule has 128 valence electrons. The minimum absolute atomic E-state index is 0.171. The summed E-state index contributed by atoms with van der Waals surface area (Å²) in [5.41, 5.74) is 4.73. The third-order valence-electron chi connectivity index (χ3n) is 3.49. The van der Waals surface area contributed by atoms with E-state index in [1.165, 1.54) is 29.2 Å². The normalized spacial score (nSPS) is 12.0. The van der Waals surface area contributed by atoms with E-state index in [1.807, 2.05) is 0 Å². The number of nitrogens with one attached hydrogen (secondary N) is 2. The van der Waals surface area contributed by atoms with Gasteiger partial charge >= 0.3 is 0 Å². The summed E-state index contributed by atoms with van der Waals surface area (Å²) in [5.74, 6) is -1.98. The van der Waals surface area contributed by atoms with Crippen LogP contribution in [-0.2, 0) is 4.79 Å². The van der Waals surface area contributed by atoms with Crippen molar-refractivity contribution in [3.8, 4) is 0 Å². The fraction of sp³-hybridized carbons (Fsp3) is 0.133. The number of hydrogen-bond acceptors (Lipinski definition) is 5. The van der Waals surface area contributed by atoms with Crippen molar-refractivity contribution in [2.24, 2.45) is 0 Å². The molecule has 2 N–H and O–H groups in total. The Kier molecular flexibility index (Phi) is 4.70. The van der Waals surface area contributed by atoms with Gasteiger partial charge in [0.25, 0.3) is 11.8 Å². The highest BCUT2D eigenvalue weighted by Gasteiger charge is 2.21. The Hall–Kier alpha value is -2.88. The first-order valence-corrected chi connectivity index (χ1v) is 7.96. The summed E-state index contributed by atoms with van der Waals surface area (Å²) in [4.78, 5) is 32.2. The van der Waals surface area contributed by atoms with Crippen LogP contribution in [0, 0.1) is 5.82 Å². The van der Waals surface area contributed by atoms with Gasteiger partial charge in [0.05, 0.1) is 10.9 Å². The van der Waals surface area contributed by atoms with E-state index in [-0.39, 0.29) is 5.56 Å². The molecule has 0 fully saturated rings. The minimum Gasteiger partial charge on any atom is -0.271 e. The molecule has 2 heterocycles. The van der Waals surface area contributed by atoms with Crippen molar-refractivity contribution in [1.82, 2.24) is 30.6 Å². The van der Waals surface area contributed by atoms with Crippen LogP contribution in [0.25, 0.3) is 11.0 Å². The molecule has 0 saturated carbocycles. The first-order valence-electron chi connectivity index (χ1n) is 7.17. The van der Waals surface area contributed by atoms with Crippen LogP contribution in [-0.4, -0.2) is 31.6 Å². The maximum atomic E-state index is 13.6. The number of benzene rings is 1. The van der Waals surface area contributed by atoms with E-state index in [9.17, 15) is 14.0 Å². The molecule has 0 spiro atoms. The second kappa shape index (κ2) is 6.93. The van der Waals surface area contributed by atoms with Gasteiger partial charge < -0.3 is 0 Å². The molecule has 0 saturated heterocycles. The molecule has 8 nitrogen and oxygen atoms in total. The average molecular weight is 407 g/mol. The van der Waals surface area contributed by atoms with Crippen LogP contribution in [0.15, 0.2) is 41.4 Å². The van der Waals surface area contributed by atoms with Crippen LogP contribution in [0.1, 0.15) is 23.3 Å². The first-order chi connectivity index (χ1) is 12.0. The molecule has 2 aromatic heterocycles. The number of nitrogens with zero attached hydrogens (tertiary/aromatic N) is 4. The molecule has 25 heavy (non-hydrogen) atoms. The molecule has 0 aliphatic heterocycles. The second-order valence-corrected chi connectivity index (χ2v) is 5.85. The Morgan fingerprint density at radius 3 is 2.80 bits per heavy atom. The number of hydrazine groups is 1. The monoisotopic (exact) mass is 406 g/mol. The highest BCUT2D eigenvalue weighted by atomic mass is 79.9. The molecule has 10 heteroatoms. The summed E-state index contributed by atoms with van der Waals surface area (Å²) in [6.45, 7) is 1.59. The molecule has 0 radical (unpaired) electrons. The van der Waals surface area contributed by atoms with Crippen LogP contribution >= 0.6 is 15.9 Å². The molecular weight excluding hydrogens is 395 g/mol. The van der Waals surface area contributed by atoms with Gasteiger partial charge in [0.2, 0.25) is 0 Å². The van der Waals surface area contributed by atoms with Crippen LogP contribution in [0.3, 0.4) is 0 Å². The number of aromatic nitrogens is 4. The van der Waals surface area contributed by atoms with Crippen LogP contribution in [0.5, 0.6) is 0 Å². The fourth-order valence-corrected chi connectivity index (χ4v) is 2.61. The Bertz CT molecular complexity index is 960. The lowest BCUT2D eigenvalue weighted by Crippen LogP contribution is -2.44. The number of rotatable bonds is 3. The summed E-state index contributed by atoms with van der Waals surface area (Å²) in [6, 6.07) is 4.69. The molecule has 0 bridgehead atoms. The molecule has 0 aliphatic carbocycles. The van der Waals surface area contributed by atoms with Gasteiger partial charge in [-0.15, -0.1) is 0 Å². The summed E-state index contributed by atoms with van der Waals surface area (Å²) >= 11 is 3.28. The van der Waals surface area contributed by atoms with Crippen molar-refractivity contribution in [2.45, 2.75) is 13.0 Å². The third kappa shape index (κ3) is 3.33. The standard InChI is InChI=1S/C15H12BrFN6O2/c1-8(23-13-10(12(16)22-23)6-18-7-19-13)14(24)20-21-15(25)9-4-2-3-5-11(9)17/h2-8H,1H3,(H,20,24)(H,21,25). The van der Waals surface area contributed by atoms with Gasteiger partial charge in [-0.1, -0.05) is 12.1 Å². The zero-order valence-electron chi connectivity index (χ0n) is 12.9. The lowest BCUT2D eigenvalue weighted by Gasteiger charge is -2.14. The summed E-state index contributed by atoms with van der Waals surface area (Å²) in [7, 11) is 0. The zero-order chi connectivity index (χ0) is 18.0. The second-order valence-electron chi connectivity index (χ2n) is 5.09. The topological polar surface area (TPSA) is 102 Å².